The first-order valence-corrected chi connectivity index (χ1v) is 11.3. The molecule has 0 aliphatic carbocycles. The Labute approximate surface area is 193 Å². The highest BCUT2D eigenvalue weighted by Gasteiger charge is 2.21. The van der Waals surface area contributed by atoms with Crippen molar-refractivity contribution >= 4 is 39.6 Å². The summed E-state index contributed by atoms with van der Waals surface area (Å²) in [6.45, 7) is 8.21. The van der Waals surface area contributed by atoms with Crippen LogP contribution in [-0.4, -0.2) is 38.4 Å². The molecule has 31 heavy (non-hydrogen) atoms. The lowest BCUT2D eigenvalue weighted by molar-refractivity contribution is 0.174. The molecular formula is C21H26FIN6O2. The van der Waals surface area contributed by atoms with E-state index in [4.69, 9.17) is 15.2 Å². The Balaban J connectivity index is 1.61. The number of ether oxygens (including phenoxy) is 2. The van der Waals surface area contributed by atoms with E-state index in [1.165, 1.54) is 0 Å². The average molecular weight is 540 g/mol. The van der Waals surface area contributed by atoms with Gasteiger partial charge in [0, 0.05) is 22.1 Å². The van der Waals surface area contributed by atoms with Crippen LogP contribution in [0.2, 0.25) is 0 Å². The minimum absolute atomic E-state index is 0.0530. The number of nitrogens with two attached hydrogens (primary N) is 1. The number of rotatable bonds is 7. The lowest BCUT2D eigenvalue weighted by atomic mass is 10.1. The monoisotopic (exact) mass is 540 g/mol. The first kappa shape index (κ1) is 22.0. The fourth-order valence-corrected chi connectivity index (χ4v) is 4.16. The minimum atomic E-state index is -0.843. The number of halogens is 2. The number of nitrogens with one attached hydrogen (secondary N) is 1. The molecule has 0 radical (unpaired) electrons. The van der Waals surface area contributed by atoms with Crippen LogP contribution in [0.5, 0.6) is 11.5 Å². The van der Waals surface area contributed by atoms with Gasteiger partial charge in [0.25, 0.3) is 0 Å². The molecule has 0 atom stereocenters. The van der Waals surface area contributed by atoms with Crippen LogP contribution in [0.1, 0.15) is 45.0 Å². The maximum Gasteiger partial charge on any atom is 0.312 e. The van der Waals surface area contributed by atoms with Crippen LogP contribution in [0.25, 0.3) is 11.2 Å². The molecule has 0 spiro atoms. The first-order valence-electron chi connectivity index (χ1n) is 10.2. The summed E-state index contributed by atoms with van der Waals surface area (Å²) in [6.07, 6.45) is 1.56. The normalized spacial score (nSPS) is 13.3. The largest absolute Gasteiger partial charge is 0.454 e. The van der Waals surface area contributed by atoms with Gasteiger partial charge in [-0.25, -0.2) is 4.98 Å². The molecule has 8 nitrogen and oxygen atoms in total. The molecule has 4 rings (SSSR count). The summed E-state index contributed by atoms with van der Waals surface area (Å²) in [4.78, 5) is 12.3. The number of nitrogens with zero attached hydrogens (tertiary/aromatic N) is 4. The fourth-order valence-electron chi connectivity index (χ4n) is 3.53. The highest BCUT2D eigenvalue weighted by Crippen LogP contribution is 2.36. The van der Waals surface area contributed by atoms with Crippen molar-refractivity contribution in [3.8, 4) is 11.5 Å². The highest BCUT2D eigenvalue weighted by atomic mass is 127. The number of unbranched alkanes of at least 4 members (excludes halogenated alkanes) is 1. The maximum absolute atomic E-state index is 13.9. The van der Waals surface area contributed by atoms with Gasteiger partial charge in [0.05, 0.1) is 0 Å². The Bertz CT molecular complexity index is 1110. The Morgan fingerprint density at radius 1 is 1.16 bits per heavy atom. The van der Waals surface area contributed by atoms with E-state index in [-0.39, 0.29) is 18.1 Å². The number of hydrogen-bond acceptors (Lipinski definition) is 7. The summed E-state index contributed by atoms with van der Waals surface area (Å²) in [7, 11) is 0. The molecule has 1 aromatic carbocycles. The summed E-state index contributed by atoms with van der Waals surface area (Å²) in [5.41, 5.74) is 7.93. The molecule has 3 heterocycles. The third-order valence-electron chi connectivity index (χ3n) is 5.03. The Hall–Kier alpha value is -2.21. The second-order valence-corrected chi connectivity index (χ2v) is 9.75. The maximum atomic E-state index is 13.9. The molecule has 0 unspecified atom stereocenters. The Morgan fingerprint density at radius 2 is 1.90 bits per heavy atom. The molecule has 1 aliphatic heterocycles. The molecular weight excluding hydrogens is 514 g/mol. The number of benzene rings is 1. The smallest absolute Gasteiger partial charge is 0.312 e. The lowest BCUT2D eigenvalue weighted by Gasteiger charge is -2.20. The van der Waals surface area contributed by atoms with E-state index in [0.717, 1.165) is 45.8 Å². The van der Waals surface area contributed by atoms with Gasteiger partial charge in [-0.05, 0) is 80.4 Å². The number of aryl methyl sites for hydroxylation is 1. The van der Waals surface area contributed by atoms with Crippen LogP contribution in [0.4, 0.5) is 10.2 Å². The topological polar surface area (TPSA) is 100 Å². The second kappa shape index (κ2) is 8.73. The second-order valence-electron chi connectivity index (χ2n) is 8.59. The molecule has 0 amide bonds. The van der Waals surface area contributed by atoms with Gasteiger partial charge >= 0.3 is 6.08 Å². The quantitative estimate of drug-likeness (QED) is 0.268. The van der Waals surface area contributed by atoms with Gasteiger partial charge in [-0.1, -0.05) is 0 Å². The van der Waals surface area contributed by atoms with Gasteiger partial charge in [-0.2, -0.15) is 14.4 Å². The summed E-state index contributed by atoms with van der Waals surface area (Å²) in [6, 6.07) is 3.92. The van der Waals surface area contributed by atoms with Crippen LogP contribution in [0.3, 0.4) is 0 Å². The molecule has 0 saturated carbocycles. The van der Waals surface area contributed by atoms with Crippen LogP contribution < -0.4 is 20.5 Å². The number of imidazole rings is 1. The van der Waals surface area contributed by atoms with Gasteiger partial charge in [0.1, 0.15) is 5.82 Å². The van der Waals surface area contributed by atoms with E-state index in [2.05, 4.69) is 63.6 Å². The zero-order valence-electron chi connectivity index (χ0n) is 17.8. The molecule has 2 aromatic heterocycles. The summed E-state index contributed by atoms with van der Waals surface area (Å²) < 4.78 is 27.9. The number of nitrogen functional groups attached to an aromatic ring is 1. The lowest BCUT2D eigenvalue weighted by Crippen LogP contribution is -2.36. The fraction of sp³-hybridized carbons (Fsp3) is 0.476. The first-order chi connectivity index (χ1) is 14.7. The Morgan fingerprint density at radius 3 is 2.65 bits per heavy atom. The van der Waals surface area contributed by atoms with Gasteiger partial charge in [-0.3, -0.25) is 0 Å². The highest BCUT2D eigenvalue weighted by molar-refractivity contribution is 14.1. The summed E-state index contributed by atoms with van der Waals surface area (Å²) >= 11 is 2.28. The summed E-state index contributed by atoms with van der Waals surface area (Å²) in [5, 5.41) is 3.49. The van der Waals surface area contributed by atoms with E-state index in [1.54, 1.807) is 0 Å². The minimum Gasteiger partial charge on any atom is -0.454 e. The number of fused-ring (bicyclic) bond motifs is 2. The zero-order chi connectivity index (χ0) is 22.2. The van der Waals surface area contributed by atoms with Crippen molar-refractivity contribution in [2.75, 3.05) is 19.1 Å². The molecule has 3 aromatic rings. The van der Waals surface area contributed by atoms with Crippen molar-refractivity contribution in [2.24, 2.45) is 0 Å². The number of anilines is 1. The molecule has 10 heteroatoms. The van der Waals surface area contributed by atoms with Gasteiger partial charge in [-0.15, -0.1) is 0 Å². The Kier molecular flexibility index (Phi) is 6.20. The van der Waals surface area contributed by atoms with Crippen molar-refractivity contribution in [3.63, 3.8) is 0 Å². The van der Waals surface area contributed by atoms with Gasteiger partial charge in [0.15, 0.2) is 28.5 Å². The zero-order valence-corrected chi connectivity index (χ0v) is 20.0. The van der Waals surface area contributed by atoms with Crippen molar-refractivity contribution in [3.05, 3.63) is 33.2 Å². The van der Waals surface area contributed by atoms with Gasteiger partial charge in [0.2, 0.25) is 6.79 Å². The standard InChI is InChI=1S/C21H26FIN6O2/c1-21(2,3)25-6-4-5-7-29-16(26-17-18(24)27-20(22)28-19(17)29)9-12-8-14-15(10-13(12)23)31-11-30-14/h8,10,25H,4-7,9,11H2,1-3H3,(H2,24,27,28). The van der Waals surface area contributed by atoms with Crippen LogP contribution in [0.15, 0.2) is 12.1 Å². The molecule has 3 N–H and O–H groups in total. The van der Waals surface area contributed by atoms with Crippen LogP contribution >= 0.6 is 22.6 Å². The van der Waals surface area contributed by atoms with E-state index in [1.807, 2.05) is 16.7 Å². The number of hydrogen-bond donors (Lipinski definition) is 2. The SMILES string of the molecule is CC(C)(C)NCCCCn1c(Cc2cc3c(cc2I)OCO3)nc2c(N)nc(F)nc21. The van der Waals surface area contributed by atoms with E-state index in [0.29, 0.717) is 24.1 Å². The molecule has 0 bridgehead atoms. The van der Waals surface area contributed by atoms with Gasteiger partial charge < -0.3 is 25.1 Å². The third-order valence-corrected chi connectivity index (χ3v) is 6.03. The predicted octanol–water partition coefficient (Wildman–Crippen LogP) is 3.64. The molecule has 0 fully saturated rings. The van der Waals surface area contributed by atoms with Crippen molar-refractivity contribution in [1.82, 2.24) is 24.8 Å². The summed E-state index contributed by atoms with van der Waals surface area (Å²) in [5.74, 6) is 2.28. The van der Waals surface area contributed by atoms with Crippen LogP contribution in [-0.2, 0) is 13.0 Å². The van der Waals surface area contributed by atoms with Crippen molar-refractivity contribution < 1.29 is 13.9 Å². The predicted molar refractivity (Wildman–Crippen MR) is 125 cm³/mol. The average Bonchev–Trinajstić information content (AvgIpc) is 3.25. The molecule has 1 aliphatic rings. The van der Waals surface area contributed by atoms with Crippen LogP contribution in [0, 0.1) is 9.65 Å². The third kappa shape index (κ3) is 5.00. The van der Waals surface area contributed by atoms with E-state index >= 15 is 0 Å². The molecule has 0 saturated heterocycles. The van der Waals surface area contributed by atoms with Crippen molar-refractivity contribution in [2.45, 2.75) is 52.1 Å². The molecule has 166 valence electrons. The van der Waals surface area contributed by atoms with E-state index < -0.39 is 6.08 Å². The number of aromatic nitrogens is 4. The van der Waals surface area contributed by atoms with E-state index in [9.17, 15) is 4.39 Å². The van der Waals surface area contributed by atoms with Crippen molar-refractivity contribution in [1.29, 1.82) is 0 Å².